The van der Waals surface area contributed by atoms with E-state index in [2.05, 4.69) is 59.6 Å². The fourth-order valence-corrected chi connectivity index (χ4v) is 3.70. The Balaban J connectivity index is 0.00000280. The molecule has 0 saturated heterocycles. The second-order valence-corrected chi connectivity index (χ2v) is 7.29. The summed E-state index contributed by atoms with van der Waals surface area (Å²) in [6.07, 6.45) is 2.11. The standard InChI is InChI=1S/C21H27N5S.HI/c1-5-22-21(23-13-16-11-10-15(2)12-19(16)27-4)24-14-20-25-17-8-6-7-9-18(17)26(20)3;/h6-12H,5,13-14H2,1-4H3,(H2,22,23,24);1H. The summed E-state index contributed by atoms with van der Waals surface area (Å²) in [5.41, 5.74) is 4.68. The van der Waals surface area contributed by atoms with Gasteiger partial charge in [0.2, 0.25) is 0 Å². The number of guanidine groups is 1. The van der Waals surface area contributed by atoms with Crippen LogP contribution in [0.5, 0.6) is 0 Å². The van der Waals surface area contributed by atoms with Crippen molar-refractivity contribution in [1.82, 2.24) is 20.2 Å². The van der Waals surface area contributed by atoms with Crippen LogP contribution in [-0.4, -0.2) is 28.3 Å². The van der Waals surface area contributed by atoms with E-state index >= 15 is 0 Å². The fraction of sp³-hybridized carbons (Fsp3) is 0.333. The number of rotatable bonds is 6. The molecule has 3 aromatic rings. The summed E-state index contributed by atoms with van der Waals surface area (Å²) in [5, 5.41) is 6.73. The SMILES string of the molecule is CCNC(=NCc1ccc(C)cc1SC)NCc1nc2ccccc2n1C.I. The van der Waals surface area contributed by atoms with E-state index in [0.29, 0.717) is 13.1 Å². The number of hydrogen-bond acceptors (Lipinski definition) is 3. The van der Waals surface area contributed by atoms with Gasteiger partial charge < -0.3 is 15.2 Å². The summed E-state index contributed by atoms with van der Waals surface area (Å²) < 4.78 is 2.12. The van der Waals surface area contributed by atoms with Gasteiger partial charge in [-0.3, -0.25) is 0 Å². The molecule has 0 radical (unpaired) electrons. The minimum atomic E-state index is 0. The van der Waals surface area contributed by atoms with Crippen LogP contribution in [0.4, 0.5) is 0 Å². The normalized spacial score (nSPS) is 11.4. The molecule has 0 atom stereocenters. The molecule has 150 valence electrons. The Kier molecular flexibility index (Phi) is 8.62. The highest BCUT2D eigenvalue weighted by Gasteiger charge is 2.08. The van der Waals surface area contributed by atoms with Crippen molar-refractivity contribution in [1.29, 1.82) is 0 Å². The first-order chi connectivity index (χ1) is 13.1. The lowest BCUT2D eigenvalue weighted by molar-refractivity contribution is 0.737. The Morgan fingerprint density at radius 2 is 1.96 bits per heavy atom. The zero-order valence-corrected chi connectivity index (χ0v) is 20.0. The number of imidazole rings is 1. The Hall–Kier alpha value is -1.74. The monoisotopic (exact) mass is 509 g/mol. The lowest BCUT2D eigenvalue weighted by Gasteiger charge is -2.12. The third-order valence-corrected chi connectivity index (χ3v) is 5.31. The molecular formula is C21H28IN5S. The topological polar surface area (TPSA) is 54.2 Å². The summed E-state index contributed by atoms with van der Waals surface area (Å²) >= 11 is 1.77. The molecule has 3 rings (SSSR count). The Bertz CT molecular complexity index is 951. The molecule has 2 aromatic carbocycles. The molecule has 0 fully saturated rings. The average molecular weight is 509 g/mol. The van der Waals surface area contributed by atoms with Gasteiger partial charge in [0.1, 0.15) is 5.82 Å². The molecule has 0 amide bonds. The molecule has 1 heterocycles. The number of halogens is 1. The van der Waals surface area contributed by atoms with E-state index in [4.69, 9.17) is 9.98 Å². The van der Waals surface area contributed by atoms with E-state index in [0.717, 1.165) is 29.4 Å². The van der Waals surface area contributed by atoms with E-state index < -0.39 is 0 Å². The predicted molar refractivity (Wildman–Crippen MR) is 131 cm³/mol. The summed E-state index contributed by atoms with van der Waals surface area (Å²) in [7, 11) is 2.05. The summed E-state index contributed by atoms with van der Waals surface area (Å²) in [5.74, 6) is 1.79. The summed E-state index contributed by atoms with van der Waals surface area (Å²) in [6.45, 7) is 6.28. The van der Waals surface area contributed by atoms with Crippen LogP contribution < -0.4 is 10.6 Å². The van der Waals surface area contributed by atoms with Crippen molar-refractivity contribution < 1.29 is 0 Å². The van der Waals surface area contributed by atoms with Gasteiger partial charge in [0.05, 0.1) is 24.1 Å². The number of thioether (sulfide) groups is 1. The number of fused-ring (bicyclic) bond motifs is 1. The van der Waals surface area contributed by atoms with Gasteiger partial charge in [0.25, 0.3) is 0 Å². The highest BCUT2D eigenvalue weighted by atomic mass is 127. The van der Waals surface area contributed by atoms with Gasteiger partial charge >= 0.3 is 0 Å². The number of aromatic nitrogens is 2. The highest BCUT2D eigenvalue weighted by Crippen LogP contribution is 2.22. The van der Waals surface area contributed by atoms with Crippen LogP contribution in [0.2, 0.25) is 0 Å². The largest absolute Gasteiger partial charge is 0.357 e. The summed E-state index contributed by atoms with van der Waals surface area (Å²) in [4.78, 5) is 10.8. The van der Waals surface area contributed by atoms with E-state index in [1.807, 2.05) is 25.2 Å². The number of benzene rings is 2. The van der Waals surface area contributed by atoms with Crippen molar-refractivity contribution in [3.05, 3.63) is 59.4 Å². The Morgan fingerprint density at radius 1 is 1.18 bits per heavy atom. The van der Waals surface area contributed by atoms with Gasteiger partial charge in [-0.25, -0.2) is 9.98 Å². The van der Waals surface area contributed by atoms with Gasteiger partial charge in [0, 0.05) is 18.5 Å². The summed E-state index contributed by atoms with van der Waals surface area (Å²) in [6, 6.07) is 14.7. The van der Waals surface area contributed by atoms with Crippen LogP contribution in [-0.2, 0) is 20.1 Å². The van der Waals surface area contributed by atoms with Crippen LogP contribution in [0.1, 0.15) is 23.9 Å². The maximum Gasteiger partial charge on any atom is 0.191 e. The van der Waals surface area contributed by atoms with Crippen molar-refractivity contribution in [3.8, 4) is 0 Å². The van der Waals surface area contributed by atoms with E-state index in [-0.39, 0.29) is 24.0 Å². The van der Waals surface area contributed by atoms with Gasteiger partial charge in [0.15, 0.2) is 5.96 Å². The molecule has 2 N–H and O–H groups in total. The first-order valence-electron chi connectivity index (χ1n) is 9.18. The van der Waals surface area contributed by atoms with Crippen LogP contribution >= 0.6 is 35.7 Å². The van der Waals surface area contributed by atoms with E-state index in [1.165, 1.54) is 16.0 Å². The average Bonchev–Trinajstić information content (AvgIpc) is 3.00. The minimum absolute atomic E-state index is 0. The van der Waals surface area contributed by atoms with Crippen molar-refractivity contribution in [2.45, 2.75) is 31.8 Å². The van der Waals surface area contributed by atoms with Gasteiger partial charge in [-0.1, -0.05) is 24.3 Å². The molecule has 0 aliphatic heterocycles. The minimum Gasteiger partial charge on any atom is -0.357 e. The third kappa shape index (κ3) is 5.41. The first kappa shape index (κ1) is 22.5. The maximum atomic E-state index is 4.76. The molecule has 28 heavy (non-hydrogen) atoms. The second-order valence-electron chi connectivity index (χ2n) is 6.44. The first-order valence-corrected chi connectivity index (χ1v) is 10.4. The van der Waals surface area contributed by atoms with Crippen LogP contribution in [0.25, 0.3) is 11.0 Å². The molecule has 7 heteroatoms. The number of aliphatic imine (C=N–C) groups is 1. The lowest BCUT2D eigenvalue weighted by atomic mass is 10.1. The van der Waals surface area contributed by atoms with Crippen LogP contribution in [0.3, 0.4) is 0 Å². The predicted octanol–water partition coefficient (Wildman–Crippen LogP) is 4.48. The van der Waals surface area contributed by atoms with Gasteiger partial charge in [-0.05, 0) is 49.4 Å². The molecule has 0 bridgehead atoms. The van der Waals surface area contributed by atoms with Crippen molar-refractivity contribution in [2.24, 2.45) is 12.0 Å². The lowest BCUT2D eigenvalue weighted by Crippen LogP contribution is -2.37. The smallest absolute Gasteiger partial charge is 0.191 e. The number of aryl methyl sites for hydroxylation is 2. The quantitative estimate of drug-likeness (QED) is 0.223. The van der Waals surface area contributed by atoms with Crippen molar-refractivity contribution in [3.63, 3.8) is 0 Å². The van der Waals surface area contributed by atoms with E-state index in [1.54, 1.807) is 11.8 Å². The zero-order chi connectivity index (χ0) is 19.2. The van der Waals surface area contributed by atoms with Gasteiger partial charge in [-0.2, -0.15) is 0 Å². The van der Waals surface area contributed by atoms with Crippen molar-refractivity contribution in [2.75, 3.05) is 12.8 Å². The molecule has 0 aliphatic rings. The molecule has 5 nitrogen and oxygen atoms in total. The third-order valence-electron chi connectivity index (χ3n) is 4.49. The van der Waals surface area contributed by atoms with E-state index in [9.17, 15) is 0 Å². The van der Waals surface area contributed by atoms with Crippen LogP contribution in [0, 0.1) is 6.92 Å². The number of hydrogen-bond donors (Lipinski definition) is 2. The molecule has 0 spiro atoms. The highest BCUT2D eigenvalue weighted by molar-refractivity contribution is 14.0. The molecule has 0 saturated carbocycles. The number of nitrogens with zero attached hydrogens (tertiary/aromatic N) is 3. The van der Waals surface area contributed by atoms with Crippen LogP contribution in [0.15, 0.2) is 52.4 Å². The Labute approximate surface area is 188 Å². The molecular weight excluding hydrogens is 481 g/mol. The fourth-order valence-electron chi connectivity index (χ4n) is 3.00. The zero-order valence-electron chi connectivity index (χ0n) is 16.8. The number of nitrogens with one attached hydrogen (secondary N) is 2. The Morgan fingerprint density at radius 3 is 2.68 bits per heavy atom. The second kappa shape index (κ2) is 10.7. The molecule has 0 unspecified atom stereocenters. The number of para-hydroxylation sites is 2. The maximum absolute atomic E-state index is 4.76. The van der Waals surface area contributed by atoms with Gasteiger partial charge in [-0.15, -0.1) is 35.7 Å². The molecule has 1 aromatic heterocycles. The molecule has 0 aliphatic carbocycles. The van der Waals surface area contributed by atoms with Crippen molar-refractivity contribution >= 4 is 52.7 Å².